The zero-order valence-corrected chi connectivity index (χ0v) is 10.8. The zero-order valence-electron chi connectivity index (χ0n) is 10.0. The van der Waals surface area contributed by atoms with E-state index in [9.17, 15) is 9.59 Å². The summed E-state index contributed by atoms with van der Waals surface area (Å²) in [4.78, 5) is 24.7. The van der Waals surface area contributed by atoms with Crippen molar-refractivity contribution >= 4 is 28.6 Å². The van der Waals surface area contributed by atoms with Gasteiger partial charge < -0.3 is 15.0 Å². The van der Waals surface area contributed by atoms with Gasteiger partial charge >= 0.3 is 0 Å². The van der Waals surface area contributed by atoms with Gasteiger partial charge in [-0.05, 0) is 12.1 Å². The average Bonchev–Trinajstić information content (AvgIpc) is 2.75. The molecule has 96 valence electrons. The highest BCUT2D eigenvalue weighted by Crippen LogP contribution is 2.23. The van der Waals surface area contributed by atoms with Gasteiger partial charge in [-0.25, -0.2) is 0 Å². The van der Waals surface area contributed by atoms with Crippen LogP contribution in [0.5, 0.6) is 5.75 Å². The van der Waals surface area contributed by atoms with Crippen LogP contribution in [0.15, 0.2) is 24.3 Å². The summed E-state index contributed by atoms with van der Waals surface area (Å²) < 4.78 is 5.14. The van der Waals surface area contributed by atoms with Crippen LogP contribution in [0.1, 0.15) is 0 Å². The molecule has 1 N–H and O–H groups in total. The second kappa shape index (κ2) is 5.77. The Bertz CT molecular complexity index is 464. The van der Waals surface area contributed by atoms with Gasteiger partial charge in [-0.15, -0.1) is 0 Å². The fourth-order valence-electron chi connectivity index (χ4n) is 1.68. The van der Waals surface area contributed by atoms with Crippen LogP contribution in [0.25, 0.3) is 0 Å². The van der Waals surface area contributed by atoms with E-state index in [4.69, 9.17) is 4.74 Å². The molecule has 0 atom stereocenters. The van der Waals surface area contributed by atoms with Gasteiger partial charge in [0.25, 0.3) is 5.24 Å². The normalized spacial score (nSPS) is 14.7. The lowest BCUT2D eigenvalue weighted by atomic mass is 10.3. The predicted octanol–water partition coefficient (Wildman–Crippen LogP) is 1.80. The summed E-state index contributed by atoms with van der Waals surface area (Å²) in [5.41, 5.74) is 0.615. The Morgan fingerprint density at radius 2 is 2.28 bits per heavy atom. The highest BCUT2D eigenvalue weighted by atomic mass is 32.2. The highest BCUT2D eigenvalue weighted by Gasteiger charge is 2.23. The van der Waals surface area contributed by atoms with Crippen LogP contribution in [0, 0.1) is 0 Å². The molecular weight excluding hydrogens is 252 g/mol. The number of para-hydroxylation sites is 2. The number of carbonyl (C=O) groups is 2. The second-order valence-corrected chi connectivity index (χ2v) is 4.83. The molecule has 0 saturated carbocycles. The number of rotatable bonds is 4. The summed E-state index contributed by atoms with van der Waals surface area (Å²) in [6.45, 7) is 0.715. The Labute approximate surface area is 109 Å². The van der Waals surface area contributed by atoms with Crippen LogP contribution in [-0.2, 0) is 4.79 Å². The van der Waals surface area contributed by atoms with Gasteiger partial charge in [0.1, 0.15) is 12.3 Å². The number of ether oxygens (including phenoxy) is 1. The number of benzene rings is 1. The van der Waals surface area contributed by atoms with E-state index in [0.717, 1.165) is 5.75 Å². The molecule has 1 aromatic rings. The molecule has 0 aromatic heterocycles. The van der Waals surface area contributed by atoms with E-state index in [1.165, 1.54) is 16.7 Å². The number of methoxy groups -OCH3 is 1. The predicted molar refractivity (Wildman–Crippen MR) is 71.1 cm³/mol. The van der Waals surface area contributed by atoms with E-state index in [-0.39, 0.29) is 17.7 Å². The van der Waals surface area contributed by atoms with Crippen LogP contribution >= 0.6 is 11.8 Å². The van der Waals surface area contributed by atoms with Crippen LogP contribution in [0.4, 0.5) is 10.5 Å². The zero-order chi connectivity index (χ0) is 13.0. The summed E-state index contributed by atoms with van der Waals surface area (Å²) in [5, 5.41) is 2.70. The smallest absolute Gasteiger partial charge is 0.282 e. The van der Waals surface area contributed by atoms with Crippen LogP contribution in [0.2, 0.25) is 0 Å². The molecule has 2 amide bonds. The first-order valence-electron chi connectivity index (χ1n) is 5.55. The summed E-state index contributed by atoms with van der Waals surface area (Å²) in [6, 6.07) is 7.17. The topological polar surface area (TPSA) is 58.6 Å². The molecule has 5 nitrogen and oxygen atoms in total. The quantitative estimate of drug-likeness (QED) is 0.903. The van der Waals surface area contributed by atoms with Crippen molar-refractivity contribution in [1.82, 2.24) is 4.90 Å². The largest absolute Gasteiger partial charge is 0.495 e. The minimum absolute atomic E-state index is 0.0369. The molecule has 1 saturated heterocycles. The van der Waals surface area contributed by atoms with E-state index in [1.54, 1.807) is 19.2 Å². The van der Waals surface area contributed by atoms with Gasteiger partial charge in [0.2, 0.25) is 5.91 Å². The minimum Gasteiger partial charge on any atom is -0.495 e. The Hall–Kier alpha value is -1.69. The van der Waals surface area contributed by atoms with E-state index in [2.05, 4.69) is 5.32 Å². The first-order valence-corrected chi connectivity index (χ1v) is 6.54. The number of anilines is 1. The average molecular weight is 266 g/mol. The van der Waals surface area contributed by atoms with Crippen molar-refractivity contribution in [3.05, 3.63) is 24.3 Å². The molecule has 1 aromatic carbocycles. The van der Waals surface area contributed by atoms with E-state index >= 15 is 0 Å². The molecule has 0 spiro atoms. The second-order valence-electron chi connectivity index (χ2n) is 3.78. The summed E-state index contributed by atoms with van der Waals surface area (Å²) in [7, 11) is 1.55. The van der Waals surface area contributed by atoms with E-state index in [0.29, 0.717) is 18.0 Å². The van der Waals surface area contributed by atoms with Crippen molar-refractivity contribution in [3.63, 3.8) is 0 Å². The van der Waals surface area contributed by atoms with Crippen molar-refractivity contribution in [3.8, 4) is 5.75 Å². The molecule has 1 aliphatic rings. The van der Waals surface area contributed by atoms with Crippen molar-refractivity contribution in [2.24, 2.45) is 0 Å². The number of thioether (sulfide) groups is 1. The van der Waals surface area contributed by atoms with Crippen LogP contribution in [0.3, 0.4) is 0 Å². The maximum absolute atomic E-state index is 11.8. The van der Waals surface area contributed by atoms with Crippen LogP contribution in [-0.4, -0.2) is 42.0 Å². The third-order valence-electron chi connectivity index (χ3n) is 2.56. The molecule has 6 heteroatoms. The Morgan fingerprint density at radius 1 is 1.50 bits per heavy atom. The number of amides is 2. The molecule has 1 aliphatic heterocycles. The molecule has 0 bridgehead atoms. The molecule has 1 fully saturated rings. The van der Waals surface area contributed by atoms with Crippen molar-refractivity contribution in [2.75, 3.05) is 31.3 Å². The third-order valence-corrected chi connectivity index (χ3v) is 3.45. The highest BCUT2D eigenvalue weighted by molar-refractivity contribution is 8.13. The van der Waals surface area contributed by atoms with Gasteiger partial charge in [-0.2, -0.15) is 0 Å². The molecule has 1 heterocycles. The standard InChI is InChI=1S/C12H14N2O3S/c1-17-10-5-3-2-4-9(10)13-11(15)8-14-6-7-18-12(14)16/h2-5H,6-8H2,1H3,(H,13,15). The molecule has 0 unspecified atom stereocenters. The lowest BCUT2D eigenvalue weighted by molar-refractivity contribution is -0.116. The first kappa shape index (κ1) is 12.8. The Morgan fingerprint density at radius 3 is 2.94 bits per heavy atom. The third kappa shape index (κ3) is 2.95. The van der Waals surface area contributed by atoms with Gasteiger partial charge in [0.15, 0.2) is 0 Å². The number of nitrogens with zero attached hydrogens (tertiary/aromatic N) is 1. The van der Waals surface area contributed by atoms with Gasteiger partial charge in [-0.3, -0.25) is 9.59 Å². The lowest BCUT2D eigenvalue weighted by Crippen LogP contribution is -2.33. The van der Waals surface area contributed by atoms with E-state index < -0.39 is 0 Å². The molecular formula is C12H14N2O3S. The summed E-state index contributed by atoms with van der Waals surface area (Å²) >= 11 is 1.24. The van der Waals surface area contributed by atoms with Crippen molar-refractivity contribution in [2.45, 2.75) is 0 Å². The van der Waals surface area contributed by atoms with Gasteiger partial charge in [0, 0.05) is 12.3 Å². The molecule has 2 rings (SSSR count). The minimum atomic E-state index is -0.213. The Kier molecular flexibility index (Phi) is 4.09. The van der Waals surface area contributed by atoms with Crippen molar-refractivity contribution in [1.29, 1.82) is 0 Å². The molecule has 0 aliphatic carbocycles. The van der Waals surface area contributed by atoms with Crippen LogP contribution < -0.4 is 10.1 Å². The maximum Gasteiger partial charge on any atom is 0.282 e. The van der Waals surface area contributed by atoms with Gasteiger partial charge in [0.05, 0.1) is 12.8 Å². The first-order chi connectivity index (χ1) is 8.70. The molecule has 18 heavy (non-hydrogen) atoms. The van der Waals surface area contributed by atoms with Gasteiger partial charge in [-0.1, -0.05) is 23.9 Å². The van der Waals surface area contributed by atoms with Crippen molar-refractivity contribution < 1.29 is 14.3 Å². The fourth-order valence-corrected chi connectivity index (χ4v) is 2.51. The Balaban J connectivity index is 1.96. The number of nitrogens with one attached hydrogen (secondary N) is 1. The summed E-state index contributed by atoms with van der Waals surface area (Å²) in [6.07, 6.45) is 0. The van der Waals surface area contributed by atoms with E-state index in [1.807, 2.05) is 12.1 Å². The lowest BCUT2D eigenvalue weighted by Gasteiger charge is -2.15. The summed E-state index contributed by atoms with van der Waals surface area (Å²) in [5.74, 6) is 1.14. The fraction of sp³-hybridized carbons (Fsp3) is 0.333. The number of carbonyl (C=O) groups excluding carboxylic acids is 2. The number of hydrogen-bond donors (Lipinski definition) is 1. The monoisotopic (exact) mass is 266 g/mol. The SMILES string of the molecule is COc1ccccc1NC(=O)CN1CCSC1=O. The molecule has 0 radical (unpaired) electrons. The maximum atomic E-state index is 11.8. The number of hydrogen-bond acceptors (Lipinski definition) is 4.